The van der Waals surface area contributed by atoms with Gasteiger partial charge in [-0.25, -0.2) is 13.4 Å². The van der Waals surface area contributed by atoms with E-state index in [1.807, 2.05) is 12.1 Å². The first-order chi connectivity index (χ1) is 15.0. The number of nitrogens with zero attached hydrogens (tertiary/aromatic N) is 4. The van der Waals surface area contributed by atoms with E-state index in [-0.39, 0.29) is 11.4 Å². The molecule has 3 heterocycles. The summed E-state index contributed by atoms with van der Waals surface area (Å²) in [5.74, 6) is 0.309. The van der Waals surface area contributed by atoms with E-state index in [4.69, 9.17) is 4.74 Å². The van der Waals surface area contributed by atoms with Crippen LogP contribution >= 0.6 is 23.1 Å². The monoisotopic (exact) mass is 475 g/mol. The van der Waals surface area contributed by atoms with Crippen molar-refractivity contribution in [2.45, 2.75) is 23.8 Å². The Labute approximate surface area is 186 Å². The third-order valence-electron chi connectivity index (χ3n) is 5.17. The number of ether oxygens (including phenoxy) is 1. The van der Waals surface area contributed by atoms with Gasteiger partial charge in [0.2, 0.25) is 15.9 Å². The molecule has 160 valence electrons. The summed E-state index contributed by atoms with van der Waals surface area (Å²) in [6.07, 6.45) is 1.04. The third kappa shape index (κ3) is 3.55. The minimum atomic E-state index is -3.91. The van der Waals surface area contributed by atoms with Gasteiger partial charge < -0.3 is 10.1 Å². The molecule has 0 saturated carbocycles. The lowest BCUT2D eigenvalue weighted by Crippen LogP contribution is -2.43. The van der Waals surface area contributed by atoms with E-state index in [0.717, 1.165) is 21.9 Å². The van der Waals surface area contributed by atoms with Crippen LogP contribution in [-0.2, 0) is 14.8 Å². The zero-order valence-electron chi connectivity index (χ0n) is 16.3. The molecular formula is C19H17N5O4S3. The van der Waals surface area contributed by atoms with Crippen molar-refractivity contribution in [1.29, 1.82) is 0 Å². The van der Waals surface area contributed by atoms with Crippen molar-refractivity contribution in [1.82, 2.24) is 18.0 Å². The fourth-order valence-corrected chi connectivity index (χ4v) is 6.99. The molecule has 1 aliphatic heterocycles. The molecule has 12 heteroatoms. The first-order valence-corrected chi connectivity index (χ1v) is 12.4. The SMILES string of the molecule is COc1ccc2nc(NC(=O)[C@@H]3CCCN3S(=O)(=O)c3cccc4nsnc34)sc2c1. The van der Waals surface area contributed by atoms with Crippen LogP contribution in [-0.4, -0.2) is 52.1 Å². The van der Waals surface area contributed by atoms with Gasteiger partial charge >= 0.3 is 0 Å². The Morgan fingerprint density at radius 2 is 2.10 bits per heavy atom. The van der Waals surface area contributed by atoms with Crippen molar-refractivity contribution in [3.05, 3.63) is 36.4 Å². The van der Waals surface area contributed by atoms with Gasteiger partial charge in [0.15, 0.2) is 5.13 Å². The van der Waals surface area contributed by atoms with Crippen molar-refractivity contribution in [2.75, 3.05) is 19.0 Å². The summed E-state index contributed by atoms with van der Waals surface area (Å²) >= 11 is 2.28. The highest BCUT2D eigenvalue weighted by Crippen LogP contribution is 2.32. The van der Waals surface area contributed by atoms with Crippen LogP contribution in [0, 0.1) is 0 Å². The number of carbonyl (C=O) groups excluding carboxylic acids is 1. The van der Waals surface area contributed by atoms with E-state index in [0.29, 0.717) is 34.8 Å². The lowest BCUT2D eigenvalue weighted by Gasteiger charge is -2.23. The van der Waals surface area contributed by atoms with Gasteiger partial charge in [-0.1, -0.05) is 17.4 Å². The number of anilines is 1. The molecule has 1 saturated heterocycles. The van der Waals surface area contributed by atoms with Gasteiger partial charge in [-0.3, -0.25) is 4.79 Å². The quantitative estimate of drug-likeness (QED) is 0.472. The number of sulfonamides is 1. The molecule has 4 aromatic rings. The minimum absolute atomic E-state index is 0.0746. The van der Waals surface area contributed by atoms with Gasteiger partial charge in [-0.15, -0.1) is 0 Å². The summed E-state index contributed by atoms with van der Waals surface area (Å²) in [5.41, 5.74) is 1.59. The highest BCUT2D eigenvalue weighted by Gasteiger charge is 2.40. The molecule has 2 aromatic heterocycles. The second-order valence-electron chi connectivity index (χ2n) is 7.00. The van der Waals surface area contributed by atoms with E-state index in [1.165, 1.54) is 21.7 Å². The lowest BCUT2D eigenvalue weighted by atomic mass is 10.2. The second kappa shape index (κ2) is 7.79. The van der Waals surface area contributed by atoms with Crippen molar-refractivity contribution in [2.24, 2.45) is 0 Å². The summed E-state index contributed by atoms with van der Waals surface area (Å²) in [6.45, 7) is 0.269. The molecule has 0 bridgehead atoms. The van der Waals surface area contributed by atoms with E-state index in [2.05, 4.69) is 19.0 Å². The van der Waals surface area contributed by atoms with Crippen LogP contribution in [0.1, 0.15) is 12.8 Å². The number of benzene rings is 2. The van der Waals surface area contributed by atoms with Crippen LogP contribution in [0.4, 0.5) is 5.13 Å². The number of hydrogen-bond donors (Lipinski definition) is 1. The van der Waals surface area contributed by atoms with Crippen molar-refractivity contribution < 1.29 is 17.9 Å². The number of fused-ring (bicyclic) bond motifs is 2. The smallest absolute Gasteiger partial charge is 0.246 e. The largest absolute Gasteiger partial charge is 0.497 e. The Balaban J connectivity index is 1.42. The average molecular weight is 476 g/mol. The summed E-state index contributed by atoms with van der Waals surface area (Å²) < 4.78 is 42.4. The molecule has 31 heavy (non-hydrogen) atoms. The van der Waals surface area contributed by atoms with Crippen LogP contribution in [0.5, 0.6) is 5.75 Å². The number of methoxy groups -OCH3 is 1. The zero-order valence-corrected chi connectivity index (χ0v) is 18.8. The van der Waals surface area contributed by atoms with Gasteiger partial charge in [-0.2, -0.15) is 13.1 Å². The first-order valence-electron chi connectivity index (χ1n) is 9.46. The van der Waals surface area contributed by atoms with Crippen LogP contribution in [0.15, 0.2) is 41.3 Å². The molecule has 1 N–H and O–H groups in total. The number of rotatable bonds is 5. The highest BCUT2D eigenvalue weighted by molar-refractivity contribution is 7.89. The Kier molecular flexibility index (Phi) is 5.08. The zero-order chi connectivity index (χ0) is 21.6. The van der Waals surface area contributed by atoms with Crippen LogP contribution in [0.25, 0.3) is 21.3 Å². The number of hydrogen-bond acceptors (Lipinski definition) is 9. The maximum atomic E-state index is 13.4. The normalized spacial score (nSPS) is 17.4. The average Bonchev–Trinajstić information content (AvgIpc) is 3.51. The molecular weight excluding hydrogens is 458 g/mol. The first kappa shape index (κ1) is 20.2. The van der Waals surface area contributed by atoms with Gasteiger partial charge in [0, 0.05) is 6.54 Å². The molecule has 0 unspecified atom stereocenters. The molecule has 0 spiro atoms. The summed E-state index contributed by atoms with van der Waals surface area (Å²) in [6, 6.07) is 9.51. The van der Waals surface area contributed by atoms with Crippen LogP contribution < -0.4 is 10.1 Å². The van der Waals surface area contributed by atoms with E-state index in [9.17, 15) is 13.2 Å². The number of carbonyl (C=O) groups is 1. The van der Waals surface area contributed by atoms with Gasteiger partial charge in [-0.05, 0) is 43.2 Å². The minimum Gasteiger partial charge on any atom is -0.497 e. The number of aromatic nitrogens is 3. The molecule has 0 radical (unpaired) electrons. The Morgan fingerprint density at radius 1 is 1.23 bits per heavy atom. The second-order valence-corrected chi connectivity index (χ2v) is 10.4. The van der Waals surface area contributed by atoms with Crippen molar-refractivity contribution in [3.63, 3.8) is 0 Å². The van der Waals surface area contributed by atoms with Crippen LogP contribution in [0.3, 0.4) is 0 Å². The van der Waals surface area contributed by atoms with Gasteiger partial charge in [0.25, 0.3) is 0 Å². The molecule has 1 atom stereocenters. The molecule has 2 aromatic carbocycles. The standard InChI is InChI=1S/C19H17N5O4S3/c1-28-11-7-8-12-15(10-11)29-19(20-12)21-18(25)14-5-3-9-24(14)31(26,27)16-6-2-4-13-17(16)23-30-22-13/h2,4,6-8,10,14H,3,5,9H2,1H3,(H,20,21,25)/t14-/m0/s1. The molecule has 1 amide bonds. The predicted octanol–water partition coefficient (Wildman–Crippen LogP) is 3.10. The summed E-state index contributed by atoms with van der Waals surface area (Å²) in [4.78, 5) is 17.5. The maximum absolute atomic E-state index is 13.4. The topological polar surface area (TPSA) is 114 Å². The Morgan fingerprint density at radius 3 is 2.94 bits per heavy atom. The van der Waals surface area contributed by atoms with E-state index >= 15 is 0 Å². The Hall–Kier alpha value is -2.67. The van der Waals surface area contributed by atoms with Gasteiger partial charge in [0.1, 0.15) is 27.7 Å². The number of thiazole rings is 1. The molecule has 1 fully saturated rings. The summed E-state index contributed by atoms with van der Waals surface area (Å²) in [5, 5.41) is 3.21. The fraction of sp³-hybridized carbons (Fsp3) is 0.263. The molecule has 1 aliphatic rings. The van der Waals surface area contributed by atoms with Crippen molar-refractivity contribution in [3.8, 4) is 5.75 Å². The number of nitrogens with one attached hydrogen (secondary N) is 1. The molecule has 0 aliphatic carbocycles. The van der Waals surface area contributed by atoms with Crippen LogP contribution in [0.2, 0.25) is 0 Å². The molecule has 5 rings (SSSR count). The maximum Gasteiger partial charge on any atom is 0.246 e. The number of amides is 1. The predicted molar refractivity (Wildman–Crippen MR) is 119 cm³/mol. The van der Waals surface area contributed by atoms with E-state index in [1.54, 1.807) is 25.3 Å². The molecule has 9 nitrogen and oxygen atoms in total. The third-order valence-corrected chi connectivity index (χ3v) is 8.58. The highest BCUT2D eigenvalue weighted by atomic mass is 32.2. The Bertz CT molecular complexity index is 1400. The van der Waals surface area contributed by atoms with E-state index < -0.39 is 22.0 Å². The van der Waals surface area contributed by atoms with Crippen molar-refractivity contribution >= 4 is 65.4 Å². The van der Waals surface area contributed by atoms with Gasteiger partial charge in [0.05, 0.1) is 29.1 Å². The fourth-order valence-electron chi connectivity index (χ4n) is 3.68. The summed E-state index contributed by atoms with van der Waals surface area (Å²) in [7, 11) is -2.33. The lowest BCUT2D eigenvalue weighted by molar-refractivity contribution is -0.119.